The summed E-state index contributed by atoms with van der Waals surface area (Å²) in [5.74, 6) is 0.0716. The topological polar surface area (TPSA) is 61.4 Å². The molecule has 1 fully saturated rings. The monoisotopic (exact) mass is 379 g/mol. The highest BCUT2D eigenvalue weighted by atomic mass is 35.5. The lowest BCUT2D eigenvalue weighted by Crippen LogP contribution is -2.50. The third kappa shape index (κ3) is 6.61. The Balaban J connectivity index is 1.80. The van der Waals surface area contributed by atoms with E-state index in [9.17, 15) is 9.59 Å². The number of hydrogen-bond donors (Lipinski definition) is 2. The highest BCUT2D eigenvalue weighted by Crippen LogP contribution is 2.21. The first kappa shape index (κ1) is 20.7. The zero-order valence-electron chi connectivity index (χ0n) is 15.8. The number of nitrogens with one attached hydrogen (secondary N) is 2. The Morgan fingerprint density at radius 1 is 1.27 bits per heavy atom. The standard InChI is InChI=1S/C20H30ClN3O2/c1-3-4-10-22-20(26)17-9-8-15(2)24(13-17)14-19(25)23-12-16-6-5-7-18(21)11-16/h5-7,11,15,17H,3-4,8-10,12-14H2,1-2H3,(H,22,26)(H,23,25). The molecule has 0 bridgehead atoms. The fraction of sp³-hybridized carbons (Fsp3) is 0.600. The smallest absolute Gasteiger partial charge is 0.234 e. The van der Waals surface area contributed by atoms with Crippen LogP contribution in [0.3, 0.4) is 0 Å². The van der Waals surface area contributed by atoms with Crippen molar-refractivity contribution in [1.29, 1.82) is 0 Å². The molecule has 26 heavy (non-hydrogen) atoms. The van der Waals surface area contributed by atoms with Gasteiger partial charge in [-0.1, -0.05) is 37.1 Å². The predicted molar refractivity (Wildman–Crippen MR) is 105 cm³/mol. The lowest BCUT2D eigenvalue weighted by atomic mass is 9.92. The van der Waals surface area contributed by atoms with Crippen LogP contribution in [0.4, 0.5) is 0 Å². The van der Waals surface area contributed by atoms with Crippen molar-refractivity contribution in [3.8, 4) is 0 Å². The minimum Gasteiger partial charge on any atom is -0.356 e. The third-order valence-electron chi connectivity index (χ3n) is 4.94. The van der Waals surface area contributed by atoms with Crippen LogP contribution >= 0.6 is 11.6 Å². The number of hydrogen-bond acceptors (Lipinski definition) is 3. The molecule has 0 radical (unpaired) electrons. The highest BCUT2D eigenvalue weighted by Gasteiger charge is 2.30. The maximum atomic E-state index is 12.3. The third-order valence-corrected chi connectivity index (χ3v) is 5.17. The Labute approximate surface area is 161 Å². The number of piperidine rings is 1. The summed E-state index contributed by atoms with van der Waals surface area (Å²) in [5, 5.41) is 6.62. The summed E-state index contributed by atoms with van der Waals surface area (Å²) in [6.45, 7) is 6.39. The molecular formula is C20H30ClN3O2. The maximum Gasteiger partial charge on any atom is 0.234 e. The van der Waals surface area contributed by atoms with E-state index in [4.69, 9.17) is 11.6 Å². The molecule has 1 aromatic carbocycles. The molecule has 2 atom stereocenters. The van der Waals surface area contributed by atoms with Crippen LogP contribution in [-0.4, -0.2) is 42.4 Å². The fourth-order valence-electron chi connectivity index (χ4n) is 3.23. The summed E-state index contributed by atoms with van der Waals surface area (Å²) < 4.78 is 0. The summed E-state index contributed by atoms with van der Waals surface area (Å²) in [5.41, 5.74) is 0.978. The summed E-state index contributed by atoms with van der Waals surface area (Å²) in [6, 6.07) is 7.78. The lowest BCUT2D eigenvalue weighted by Gasteiger charge is -2.36. The summed E-state index contributed by atoms with van der Waals surface area (Å²) in [7, 11) is 0. The van der Waals surface area contributed by atoms with E-state index in [1.165, 1.54) is 0 Å². The second-order valence-electron chi connectivity index (χ2n) is 7.10. The largest absolute Gasteiger partial charge is 0.356 e. The predicted octanol–water partition coefficient (Wildman–Crippen LogP) is 2.97. The van der Waals surface area contributed by atoms with E-state index >= 15 is 0 Å². The summed E-state index contributed by atoms with van der Waals surface area (Å²) >= 11 is 5.97. The van der Waals surface area contributed by atoms with Gasteiger partial charge in [-0.3, -0.25) is 14.5 Å². The zero-order valence-corrected chi connectivity index (χ0v) is 16.5. The van der Waals surface area contributed by atoms with Gasteiger partial charge in [0.15, 0.2) is 0 Å². The molecule has 0 aliphatic carbocycles. The number of benzene rings is 1. The van der Waals surface area contributed by atoms with E-state index in [2.05, 4.69) is 29.4 Å². The molecule has 1 aliphatic rings. The first-order valence-electron chi connectivity index (χ1n) is 9.52. The van der Waals surface area contributed by atoms with Gasteiger partial charge in [0.2, 0.25) is 11.8 Å². The number of unbranched alkanes of at least 4 members (excludes halogenated alkanes) is 1. The molecule has 1 heterocycles. The molecule has 2 amide bonds. The molecule has 1 aromatic rings. The number of carbonyl (C=O) groups is 2. The average molecular weight is 380 g/mol. The van der Waals surface area contributed by atoms with Gasteiger partial charge in [0.25, 0.3) is 0 Å². The van der Waals surface area contributed by atoms with Crippen molar-refractivity contribution in [2.24, 2.45) is 5.92 Å². The van der Waals surface area contributed by atoms with Crippen LogP contribution in [0, 0.1) is 5.92 Å². The van der Waals surface area contributed by atoms with Crippen molar-refractivity contribution in [2.75, 3.05) is 19.6 Å². The van der Waals surface area contributed by atoms with Crippen LogP contribution in [0.2, 0.25) is 5.02 Å². The summed E-state index contributed by atoms with van der Waals surface area (Å²) in [6.07, 6.45) is 3.90. The van der Waals surface area contributed by atoms with Crippen LogP contribution in [0.25, 0.3) is 0 Å². The number of nitrogens with zero attached hydrogens (tertiary/aromatic N) is 1. The van der Waals surface area contributed by atoms with E-state index in [0.29, 0.717) is 30.7 Å². The number of carbonyl (C=O) groups excluding carboxylic acids is 2. The van der Waals surface area contributed by atoms with Gasteiger partial charge in [0.05, 0.1) is 12.5 Å². The number of rotatable bonds is 8. The van der Waals surface area contributed by atoms with Gasteiger partial charge >= 0.3 is 0 Å². The van der Waals surface area contributed by atoms with Crippen molar-refractivity contribution in [2.45, 2.75) is 52.1 Å². The van der Waals surface area contributed by atoms with Gasteiger partial charge in [-0.2, -0.15) is 0 Å². The Morgan fingerprint density at radius 3 is 2.81 bits per heavy atom. The van der Waals surface area contributed by atoms with Crippen LogP contribution in [0.15, 0.2) is 24.3 Å². The van der Waals surface area contributed by atoms with Crippen molar-refractivity contribution in [3.05, 3.63) is 34.9 Å². The van der Waals surface area contributed by atoms with E-state index < -0.39 is 0 Å². The SMILES string of the molecule is CCCCNC(=O)C1CCC(C)N(CC(=O)NCc2cccc(Cl)c2)C1. The van der Waals surface area contributed by atoms with E-state index in [1.807, 2.05) is 24.3 Å². The molecule has 0 spiro atoms. The minimum atomic E-state index is -0.0243. The molecular weight excluding hydrogens is 350 g/mol. The zero-order chi connectivity index (χ0) is 18.9. The fourth-order valence-corrected chi connectivity index (χ4v) is 3.45. The molecule has 2 N–H and O–H groups in total. The highest BCUT2D eigenvalue weighted by molar-refractivity contribution is 6.30. The molecule has 6 heteroatoms. The molecule has 5 nitrogen and oxygen atoms in total. The van der Waals surface area contributed by atoms with Gasteiger partial charge in [-0.15, -0.1) is 0 Å². The van der Waals surface area contributed by atoms with Crippen molar-refractivity contribution in [1.82, 2.24) is 15.5 Å². The Kier molecular flexibility index (Phi) is 8.39. The second-order valence-corrected chi connectivity index (χ2v) is 7.54. The van der Waals surface area contributed by atoms with E-state index in [0.717, 1.165) is 37.8 Å². The van der Waals surface area contributed by atoms with Crippen LogP contribution in [-0.2, 0) is 16.1 Å². The van der Waals surface area contributed by atoms with Crippen molar-refractivity contribution in [3.63, 3.8) is 0 Å². The average Bonchev–Trinajstić information content (AvgIpc) is 2.62. The van der Waals surface area contributed by atoms with Gasteiger partial charge < -0.3 is 10.6 Å². The normalized spacial score (nSPS) is 20.6. The molecule has 144 valence electrons. The number of amides is 2. The maximum absolute atomic E-state index is 12.3. The van der Waals surface area contributed by atoms with Gasteiger partial charge in [0.1, 0.15) is 0 Å². The molecule has 1 saturated heterocycles. The van der Waals surface area contributed by atoms with E-state index in [-0.39, 0.29) is 17.7 Å². The first-order valence-corrected chi connectivity index (χ1v) is 9.90. The van der Waals surface area contributed by atoms with Gasteiger partial charge in [-0.25, -0.2) is 0 Å². The van der Waals surface area contributed by atoms with Crippen molar-refractivity contribution < 1.29 is 9.59 Å². The van der Waals surface area contributed by atoms with Crippen molar-refractivity contribution >= 4 is 23.4 Å². The quantitative estimate of drug-likeness (QED) is 0.682. The van der Waals surface area contributed by atoms with Crippen LogP contribution in [0.1, 0.15) is 45.1 Å². The minimum absolute atomic E-state index is 0.0242. The molecule has 0 aromatic heterocycles. The second kappa shape index (κ2) is 10.5. The Hall–Kier alpha value is -1.59. The Bertz CT molecular complexity index is 608. The number of likely N-dealkylation sites (tertiary alicyclic amines) is 1. The van der Waals surface area contributed by atoms with Crippen LogP contribution < -0.4 is 10.6 Å². The van der Waals surface area contributed by atoms with Gasteiger partial charge in [-0.05, 0) is 43.9 Å². The lowest BCUT2D eigenvalue weighted by molar-refractivity contribution is -0.130. The first-order chi connectivity index (χ1) is 12.5. The molecule has 2 unspecified atom stereocenters. The number of halogens is 1. The molecule has 2 rings (SSSR count). The summed E-state index contributed by atoms with van der Waals surface area (Å²) in [4.78, 5) is 26.7. The van der Waals surface area contributed by atoms with Crippen LogP contribution in [0.5, 0.6) is 0 Å². The molecule has 1 aliphatic heterocycles. The Morgan fingerprint density at radius 2 is 2.08 bits per heavy atom. The van der Waals surface area contributed by atoms with E-state index in [1.54, 1.807) is 0 Å². The van der Waals surface area contributed by atoms with Gasteiger partial charge in [0, 0.05) is 30.7 Å². The molecule has 0 saturated carbocycles.